The molecule has 5 rings (SSSR count). The average molecular weight is 455 g/mol. The van der Waals surface area contributed by atoms with Crippen molar-refractivity contribution in [2.45, 2.75) is 0 Å². The molecular formula is C19H9Br2N3O. The topological polar surface area (TPSA) is 58.6 Å². The van der Waals surface area contributed by atoms with Gasteiger partial charge in [-0.3, -0.25) is 9.78 Å². The number of hydrogen-bond acceptors (Lipinski definition) is 3. The minimum atomic E-state index is 0.0339. The zero-order chi connectivity index (χ0) is 17.1. The van der Waals surface area contributed by atoms with Crippen LogP contribution in [-0.4, -0.2) is 20.7 Å². The zero-order valence-electron chi connectivity index (χ0n) is 12.7. The molecule has 120 valence electrons. The van der Waals surface area contributed by atoms with E-state index in [1.165, 1.54) is 0 Å². The Balaban J connectivity index is 1.84. The molecule has 2 aromatic carbocycles. The smallest absolute Gasteiger partial charge is 0.194 e. The number of nitrogens with zero attached hydrogens (tertiary/aromatic N) is 2. The molecule has 1 aliphatic carbocycles. The number of imidazole rings is 1. The fourth-order valence-corrected chi connectivity index (χ4v) is 4.13. The van der Waals surface area contributed by atoms with Gasteiger partial charge in [0.2, 0.25) is 0 Å². The first kappa shape index (κ1) is 15.0. The maximum atomic E-state index is 12.9. The van der Waals surface area contributed by atoms with Crippen molar-refractivity contribution < 1.29 is 4.79 Å². The largest absolute Gasteiger partial charge is 0.337 e. The van der Waals surface area contributed by atoms with E-state index >= 15 is 0 Å². The third kappa shape index (κ3) is 2.21. The lowest BCUT2D eigenvalue weighted by Crippen LogP contribution is -1.95. The summed E-state index contributed by atoms with van der Waals surface area (Å²) in [6.07, 6.45) is 3.47. The second kappa shape index (κ2) is 5.34. The molecule has 2 heterocycles. The molecule has 25 heavy (non-hydrogen) atoms. The van der Waals surface area contributed by atoms with Crippen molar-refractivity contribution in [3.63, 3.8) is 0 Å². The minimum Gasteiger partial charge on any atom is -0.337 e. The number of aromatic amines is 1. The predicted molar refractivity (Wildman–Crippen MR) is 104 cm³/mol. The summed E-state index contributed by atoms with van der Waals surface area (Å²) in [5.74, 6) is 0.760. The molecule has 1 aliphatic rings. The molecule has 0 fully saturated rings. The highest BCUT2D eigenvalue weighted by molar-refractivity contribution is 9.10. The molecule has 0 saturated carbocycles. The third-order valence-electron chi connectivity index (χ3n) is 4.38. The van der Waals surface area contributed by atoms with Gasteiger partial charge in [0.15, 0.2) is 5.78 Å². The van der Waals surface area contributed by atoms with E-state index in [-0.39, 0.29) is 5.78 Å². The van der Waals surface area contributed by atoms with Crippen LogP contribution in [0.1, 0.15) is 15.9 Å². The van der Waals surface area contributed by atoms with E-state index in [1.54, 1.807) is 12.4 Å². The number of fused-ring (bicyclic) bond motifs is 4. The van der Waals surface area contributed by atoms with Crippen LogP contribution in [0.15, 0.2) is 57.7 Å². The van der Waals surface area contributed by atoms with E-state index in [9.17, 15) is 4.79 Å². The number of benzene rings is 2. The molecule has 6 heteroatoms. The Kier molecular flexibility index (Phi) is 3.20. The zero-order valence-corrected chi connectivity index (χ0v) is 15.8. The summed E-state index contributed by atoms with van der Waals surface area (Å²) in [4.78, 5) is 25.0. The van der Waals surface area contributed by atoms with Crippen molar-refractivity contribution in [2.24, 2.45) is 0 Å². The highest BCUT2D eigenvalue weighted by atomic mass is 79.9. The fraction of sp³-hybridized carbons (Fsp3) is 0. The summed E-state index contributed by atoms with van der Waals surface area (Å²) in [6, 6.07) is 11.5. The van der Waals surface area contributed by atoms with Gasteiger partial charge in [-0.25, -0.2) is 4.98 Å². The van der Waals surface area contributed by atoms with Crippen molar-refractivity contribution in [3.8, 4) is 22.5 Å². The van der Waals surface area contributed by atoms with Gasteiger partial charge in [-0.05, 0) is 35.9 Å². The number of ketones is 1. The number of rotatable bonds is 1. The van der Waals surface area contributed by atoms with Crippen LogP contribution in [0.5, 0.6) is 0 Å². The summed E-state index contributed by atoms with van der Waals surface area (Å²) < 4.78 is 1.74. The maximum Gasteiger partial charge on any atom is 0.194 e. The van der Waals surface area contributed by atoms with Gasteiger partial charge in [0, 0.05) is 37.4 Å². The highest BCUT2D eigenvalue weighted by Crippen LogP contribution is 2.44. The van der Waals surface area contributed by atoms with Crippen LogP contribution in [0, 0.1) is 0 Å². The number of hydrogen-bond donors (Lipinski definition) is 1. The first-order chi connectivity index (χ1) is 12.1. The molecule has 0 amide bonds. The van der Waals surface area contributed by atoms with Gasteiger partial charge in [0.1, 0.15) is 5.82 Å². The Labute approximate surface area is 159 Å². The summed E-state index contributed by atoms with van der Waals surface area (Å²) in [7, 11) is 0. The first-order valence-corrected chi connectivity index (χ1v) is 9.19. The molecule has 4 aromatic rings. The number of carbonyl (C=O) groups excluding carboxylic acids is 1. The summed E-state index contributed by atoms with van der Waals surface area (Å²) in [6.45, 7) is 0. The molecule has 0 atom stereocenters. The van der Waals surface area contributed by atoms with Crippen molar-refractivity contribution in [1.82, 2.24) is 15.0 Å². The standard InChI is InChI=1S/C19H9Br2N3O/c20-9-1-2-11-12(5-9)18(25)13-6-10(21)7-14(17(11)13)19-23-15-3-4-22-8-16(15)24-19/h1-8H,(H,23,24). The van der Waals surface area contributed by atoms with Gasteiger partial charge in [-0.2, -0.15) is 0 Å². The fourth-order valence-electron chi connectivity index (χ4n) is 3.31. The van der Waals surface area contributed by atoms with E-state index in [0.29, 0.717) is 11.1 Å². The second-order valence-corrected chi connectivity index (χ2v) is 7.70. The second-order valence-electron chi connectivity index (χ2n) is 5.87. The van der Waals surface area contributed by atoms with Crippen molar-refractivity contribution in [2.75, 3.05) is 0 Å². The number of carbonyl (C=O) groups is 1. The number of nitrogens with one attached hydrogen (secondary N) is 1. The van der Waals surface area contributed by atoms with Crippen molar-refractivity contribution in [1.29, 1.82) is 0 Å². The molecule has 0 radical (unpaired) electrons. The van der Waals surface area contributed by atoms with Gasteiger partial charge < -0.3 is 4.98 Å². The predicted octanol–water partition coefficient (Wildman–Crippen LogP) is 5.36. The Morgan fingerprint density at radius 2 is 1.68 bits per heavy atom. The monoisotopic (exact) mass is 453 g/mol. The summed E-state index contributed by atoms with van der Waals surface area (Å²) in [5.41, 5.74) is 5.87. The van der Waals surface area contributed by atoms with E-state index < -0.39 is 0 Å². The lowest BCUT2D eigenvalue weighted by molar-refractivity contribution is 0.104. The van der Waals surface area contributed by atoms with E-state index in [1.807, 2.05) is 36.4 Å². The highest BCUT2D eigenvalue weighted by Gasteiger charge is 2.30. The van der Waals surface area contributed by atoms with Crippen LogP contribution < -0.4 is 0 Å². The van der Waals surface area contributed by atoms with Crippen LogP contribution in [0.25, 0.3) is 33.5 Å². The van der Waals surface area contributed by atoms with Gasteiger partial charge in [0.25, 0.3) is 0 Å². The number of H-pyrrole nitrogens is 1. The molecule has 4 nitrogen and oxygen atoms in total. The van der Waals surface area contributed by atoms with Gasteiger partial charge in [-0.15, -0.1) is 0 Å². The molecule has 1 N–H and O–H groups in total. The molecule has 0 unspecified atom stereocenters. The average Bonchev–Trinajstić information content (AvgIpc) is 3.15. The quantitative estimate of drug-likeness (QED) is 0.370. The van der Waals surface area contributed by atoms with Crippen molar-refractivity contribution in [3.05, 3.63) is 68.9 Å². The first-order valence-electron chi connectivity index (χ1n) is 7.60. The Bertz CT molecular complexity index is 1160. The Morgan fingerprint density at radius 3 is 2.52 bits per heavy atom. The van der Waals surface area contributed by atoms with Crippen LogP contribution in [0.4, 0.5) is 0 Å². The van der Waals surface area contributed by atoms with Gasteiger partial charge in [-0.1, -0.05) is 37.9 Å². The number of pyridine rings is 1. The summed E-state index contributed by atoms with van der Waals surface area (Å²) in [5, 5.41) is 0. The van der Waals surface area contributed by atoms with Gasteiger partial charge >= 0.3 is 0 Å². The normalized spacial score (nSPS) is 12.5. The number of aromatic nitrogens is 3. The van der Waals surface area contributed by atoms with Gasteiger partial charge in [0.05, 0.1) is 17.2 Å². The molecular weight excluding hydrogens is 446 g/mol. The molecule has 2 aromatic heterocycles. The Morgan fingerprint density at radius 1 is 0.880 bits per heavy atom. The third-order valence-corrected chi connectivity index (χ3v) is 5.33. The Hall–Kier alpha value is -2.31. The lowest BCUT2D eigenvalue weighted by atomic mass is 9.99. The van der Waals surface area contributed by atoms with Crippen LogP contribution in [-0.2, 0) is 0 Å². The van der Waals surface area contributed by atoms with E-state index in [0.717, 1.165) is 42.5 Å². The van der Waals surface area contributed by atoms with Crippen LogP contribution >= 0.6 is 31.9 Å². The maximum absolute atomic E-state index is 12.9. The molecule has 0 spiro atoms. The SMILES string of the molecule is O=C1c2cc(Br)ccc2-c2c1cc(Br)cc2-c1nc2ccncc2[nH]1. The lowest BCUT2D eigenvalue weighted by Gasteiger charge is -2.08. The van der Waals surface area contributed by atoms with E-state index in [2.05, 4.69) is 46.8 Å². The molecule has 0 bridgehead atoms. The minimum absolute atomic E-state index is 0.0339. The molecule has 0 aliphatic heterocycles. The van der Waals surface area contributed by atoms with Crippen LogP contribution in [0.2, 0.25) is 0 Å². The summed E-state index contributed by atoms with van der Waals surface area (Å²) >= 11 is 6.98. The van der Waals surface area contributed by atoms with Crippen LogP contribution in [0.3, 0.4) is 0 Å². The number of halogens is 2. The van der Waals surface area contributed by atoms with Crippen molar-refractivity contribution >= 4 is 48.7 Å². The van der Waals surface area contributed by atoms with E-state index in [4.69, 9.17) is 0 Å². The molecule has 0 saturated heterocycles.